The highest BCUT2D eigenvalue weighted by atomic mass is 16.6. The number of amides is 1. The van der Waals surface area contributed by atoms with Crippen LogP contribution < -0.4 is 14.8 Å². The Morgan fingerprint density at radius 1 is 1.30 bits per heavy atom. The van der Waals surface area contributed by atoms with Gasteiger partial charge in [0, 0.05) is 18.0 Å². The zero-order valence-electron chi connectivity index (χ0n) is 14.3. The Kier molecular flexibility index (Phi) is 6.88. The van der Waals surface area contributed by atoms with Gasteiger partial charge in [-0.2, -0.15) is 0 Å². The van der Waals surface area contributed by atoms with Gasteiger partial charge in [-0.15, -0.1) is 0 Å². The Morgan fingerprint density at radius 3 is 2.57 bits per heavy atom. The van der Waals surface area contributed by atoms with Gasteiger partial charge in [0.25, 0.3) is 0 Å². The lowest BCUT2D eigenvalue weighted by Gasteiger charge is -2.22. The van der Waals surface area contributed by atoms with E-state index in [9.17, 15) is 9.59 Å². The number of hydrogen-bond donors (Lipinski definition) is 1. The number of benzene rings is 1. The van der Waals surface area contributed by atoms with Crippen LogP contribution in [-0.4, -0.2) is 37.7 Å². The van der Waals surface area contributed by atoms with Crippen LogP contribution >= 0.6 is 0 Å². The van der Waals surface area contributed by atoms with Gasteiger partial charge in [-0.3, -0.25) is 4.79 Å². The number of methoxy groups -OCH3 is 1. The predicted octanol–water partition coefficient (Wildman–Crippen LogP) is 3.19. The fraction of sp³-hybridized carbons (Fsp3) is 0.529. The summed E-state index contributed by atoms with van der Waals surface area (Å²) in [6.45, 7) is 7.67. The molecule has 0 aliphatic carbocycles. The Balaban J connectivity index is 2.47. The molecule has 0 aliphatic rings. The van der Waals surface area contributed by atoms with Crippen LogP contribution in [-0.2, 0) is 4.74 Å². The molecule has 1 atom stereocenters. The Hall–Kier alpha value is -2.24. The van der Waals surface area contributed by atoms with Gasteiger partial charge in [0.1, 0.15) is 11.9 Å². The van der Waals surface area contributed by atoms with E-state index in [1.807, 2.05) is 27.7 Å². The normalized spacial score (nSPS) is 12.2. The monoisotopic (exact) mass is 323 g/mol. The van der Waals surface area contributed by atoms with Gasteiger partial charge in [-0.25, -0.2) is 4.79 Å². The number of rotatable bonds is 7. The van der Waals surface area contributed by atoms with E-state index in [-0.39, 0.29) is 6.04 Å². The molecule has 0 fully saturated rings. The summed E-state index contributed by atoms with van der Waals surface area (Å²) in [6.07, 6.45) is 0.887. The summed E-state index contributed by atoms with van der Waals surface area (Å²) in [4.78, 5) is 22.5. The first kappa shape index (κ1) is 18.8. The molecule has 1 aromatic rings. The van der Waals surface area contributed by atoms with Crippen molar-refractivity contribution in [3.05, 3.63) is 23.8 Å². The first-order valence-corrected chi connectivity index (χ1v) is 7.50. The highest BCUT2D eigenvalue weighted by Gasteiger charge is 2.17. The topological polar surface area (TPSA) is 73.9 Å². The number of carbonyl (C=O) groups excluding carboxylic acids is 2. The van der Waals surface area contributed by atoms with E-state index < -0.39 is 11.7 Å². The minimum Gasteiger partial charge on any atom is -0.493 e. The molecule has 1 aromatic carbocycles. The highest BCUT2D eigenvalue weighted by Crippen LogP contribution is 2.27. The largest absolute Gasteiger partial charge is 0.493 e. The molecule has 0 aromatic heterocycles. The molecular formula is C17H25NO5. The molecule has 1 N–H and O–H groups in total. The first-order valence-electron chi connectivity index (χ1n) is 7.50. The summed E-state index contributed by atoms with van der Waals surface area (Å²) < 4.78 is 16.0. The molecule has 1 unspecified atom stereocenters. The summed E-state index contributed by atoms with van der Waals surface area (Å²) in [6, 6.07) is 4.86. The molecule has 1 amide bonds. The molecule has 128 valence electrons. The Bertz CT molecular complexity index is 536. The van der Waals surface area contributed by atoms with Gasteiger partial charge >= 0.3 is 6.09 Å². The second-order valence-corrected chi connectivity index (χ2v) is 6.21. The summed E-state index contributed by atoms with van der Waals surface area (Å²) >= 11 is 0. The zero-order valence-corrected chi connectivity index (χ0v) is 14.3. The fourth-order valence-corrected chi connectivity index (χ4v) is 1.81. The smallest absolute Gasteiger partial charge is 0.407 e. The summed E-state index contributed by atoms with van der Waals surface area (Å²) in [7, 11) is 1.54. The number of ether oxygens (including phenoxy) is 3. The molecule has 0 saturated carbocycles. The van der Waals surface area contributed by atoms with E-state index in [2.05, 4.69) is 5.32 Å². The minimum atomic E-state index is -0.525. The third kappa shape index (κ3) is 7.04. The van der Waals surface area contributed by atoms with Crippen LogP contribution in [0.4, 0.5) is 4.79 Å². The van der Waals surface area contributed by atoms with Crippen molar-refractivity contribution in [2.75, 3.05) is 13.7 Å². The van der Waals surface area contributed by atoms with E-state index in [4.69, 9.17) is 14.2 Å². The molecule has 0 aliphatic heterocycles. The number of alkyl carbamates (subject to hydrolysis) is 1. The average molecular weight is 323 g/mol. The summed E-state index contributed by atoms with van der Waals surface area (Å²) in [5.74, 6) is 1.06. The molecule has 0 heterocycles. The van der Waals surface area contributed by atoms with E-state index in [0.29, 0.717) is 30.1 Å². The van der Waals surface area contributed by atoms with Gasteiger partial charge in [0.15, 0.2) is 11.5 Å². The van der Waals surface area contributed by atoms with Crippen LogP contribution in [0.15, 0.2) is 18.2 Å². The lowest BCUT2D eigenvalue weighted by molar-refractivity contribution is 0.0503. The third-order valence-electron chi connectivity index (χ3n) is 2.90. The summed E-state index contributed by atoms with van der Waals surface area (Å²) in [5, 5.41) is 2.75. The van der Waals surface area contributed by atoms with Gasteiger partial charge in [0.05, 0.1) is 13.7 Å². The van der Waals surface area contributed by atoms with E-state index in [0.717, 1.165) is 6.29 Å². The molecule has 1 rings (SSSR count). The third-order valence-corrected chi connectivity index (χ3v) is 2.90. The lowest BCUT2D eigenvalue weighted by Crippen LogP contribution is -2.38. The molecule has 0 saturated heterocycles. The van der Waals surface area contributed by atoms with Gasteiger partial charge in [-0.1, -0.05) is 0 Å². The van der Waals surface area contributed by atoms with Crippen LogP contribution in [0.1, 0.15) is 44.5 Å². The Morgan fingerprint density at radius 2 is 2.00 bits per heavy atom. The van der Waals surface area contributed by atoms with Gasteiger partial charge < -0.3 is 19.5 Å². The molecule has 0 bridgehead atoms. The van der Waals surface area contributed by atoms with Crippen LogP contribution in [0, 0.1) is 0 Å². The van der Waals surface area contributed by atoms with Crippen LogP contribution in [0.5, 0.6) is 11.5 Å². The van der Waals surface area contributed by atoms with Crippen molar-refractivity contribution < 1.29 is 23.8 Å². The SMILES string of the molecule is COc1ccc(C=O)cc1OCCC(C)NC(=O)OC(C)(C)C. The predicted molar refractivity (Wildman–Crippen MR) is 87.3 cm³/mol. The van der Waals surface area contributed by atoms with Crippen LogP contribution in [0.3, 0.4) is 0 Å². The minimum absolute atomic E-state index is 0.106. The van der Waals surface area contributed by atoms with E-state index in [1.165, 1.54) is 7.11 Å². The van der Waals surface area contributed by atoms with Crippen molar-refractivity contribution in [2.45, 2.75) is 45.8 Å². The standard InChI is InChI=1S/C17H25NO5/c1-12(18-16(20)23-17(2,3)4)8-9-22-15-10-13(11-19)6-7-14(15)21-5/h6-7,10-12H,8-9H2,1-5H3,(H,18,20). The number of aldehydes is 1. The number of hydrogen-bond acceptors (Lipinski definition) is 5. The highest BCUT2D eigenvalue weighted by molar-refractivity contribution is 5.76. The lowest BCUT2D eigenvalue weighted by atomic mass is 10.2. The molecule has 23 heavy (non-hydrogen) atoms. The van der Waals surface area contributed by atoms with Crippen LogP contribution in [0.25, 0.3) is 0 Å². The quantitative estimate of drug-likeness (QED) is 0.780. The van der Waals surface area contributed by atoms with Crippen molar-refractivity contribution in [3.8, 4) is 11.5 Å². The average Bonchev–Trinajstić information content (AvgIpc) is 2.44. The molecule has 0 spiro atoms. The molecule has 6 heteroatoms. The first-order chi connectivity index (χ1) is 10.7. The molecule has 0 radical (unpaired) electrons. The fourth-order valence-electron chi connectivity index (χ4n) is 1.81. The van der Waals surface area contributed by atoms with E-state index >= 15 is 0 Å². The van der Waals surface area contributed by atoms with Gasteiger partial charge in [-0.05, 0) is 45.9 Å². The van der Waals surface area contributed by atoms with Gasteiger partial charge in [0.2, 0.25) is 0 Å². The maximum atomic E-state index is 11.7. The number of carbonyl (C=O) groups is 2. The molecular weight excluding hydrogens is 298 g/mol. The summed E-state index contributed by atoms with van der Waals surface area (Å²) in [5.41, 5.74) is -0.0103. The van der Waals surface area contributed by atoms with Crippen LogP contribution in [0.2, 0.25) is 0 Å². The van der Waals surface area contributed by atoms with Crippen molar-refractivity contribution in [3.63, 3.8) is 0 Å². The van der Waals surface area contributed by atoms with Crippen molar-refractivity contribution >= 4 is 12.4 Å². The zero-order chi connectivity index (χ0) is 17.5. The van der Waals surface area contributed by atoms with E-state index in [1.54, 1.807) is 18.2 Å². The second kappa shape index (κ2) is 8.41. The van der Waals surface area contributed by atoms with Crippen molar-refractivity contribution in [1.82, 2.24) is 5.32 Å². The maximum Gasteiger partial charge on any atom is 0.407 e. The van der Waals surface area contributed by atoms with Crippen molar-refractivity contribution in [2.24, 2.45) is 0 Å². The second-order valence-electron chi connectivity index (χ2n) is 6.21. The Labute approximate surface area is 137 Å². The van der Waals surface area contributed by atoms with Crippen molar-refractivity contribution in [1.29, 1.82) is 0 Å². The molecule has 6 nitrogen and oxygen atoms in total. The number of nitrogens with one attached hydrogen (secondary N) is 1. The maximum absolute atomic E-state index is 11.7.